The molecule has 156 valence electrons. The van der Waals surface area contributed by atoms with Gasteiger partial charge in [0.2, 0.25) is 0 Å². The van der Waals surface area contributed by atoms with Gasteiger partial charge >= 0.3 is 0 Å². The van der Waals surface area contributed by atoms with E-state index in [9.17, 15) is 10.2 Å². The Labute approximate surface area is 172 Å². The first-order valence-corrected chi connectivity index (χ1v) is 11.6. The Morgan fingerprint density at radius 3 is 1.33 bits per heavy atom. The van der Waals surface area contributed by atoms with Crippen molar-refractivity contribution in [3.05, 3.63) is 0 Å². The van der Waals surface area contributed by atoms with Gasteiger partial charge in [-0.2, -0.15) is 0 Å². The maximum atomic E-state index is 10.7. The average Bonchev–Trinajstić information content (AvgIpc) is 2.70. The molecule has 2 heterocycles. The van der Waals surface area contributed by atoms with Crippen LogP contribution in [0.2, 0.25) is 0 Å². The van der Waals surface area contributed by atoms with Crippen LogP contribution >= 0.6 is 23.2 Å². The number of hydrogen-bond acceptors (Lipinski definition) is 4. The molecule has 0 bridgehead atoms. The Balaban J connectivity index is 1.36. The van der Waals surface area contributed by atoms with Crippen LogP contribution in [0, 0.1) is 17.3 Å². The van der Waals surface area contributed by atoms with Crippen LogP contribution in [0.25, 0.3) is 0 Å². The monoisotopic (exact) mass is 420 g/mol. The summed E-state index contributed by atoms with van der Waals surface area (Å²) in [7, 11) is 0. The molecule has 2 saturated carbocycles. The molecule has 6 heteroatoms. The predicted octanol–water partition coefficient (Wildman–Crippen LogP) is 3.87. The molecule has 0 aromatic rings. The fraction of sp³-hybridized carbons (Fsp3) is 1.00. The van der Waals surface area contributed by atoms with Crippen molar-refractivity contribution in [2.75, 3.05) is 25.0 Å². The summed E-state index contributed by atoms with van der Waals surface area (Å²) < 4.78 is 11.7. The number of rotatable bonds is 4. The molecule has 4 rings (SSSR count). The maximum Gasteiger partial charge on any atom is 0.130 e. The van der Waals surface area contributed by atoms with Gasteiger partial charge in [0.15, 0.2) is 0 Å². The zero-order valence-corrected chi connectivity index (χ0v) is 18.1. The number of halogens is 2. The predicted molar refractivity (Wildman–Crippen MR) is 106 cm³/mol. The van der Waals surface area contributed by atoms with Crippen LogP contribution in [-0.4, -0.2) is 57.6 Å². The highest BCUT2D eigenvalue weighted by atomic mass is 35.5. The van der Waals surface area contributed by atoms with E-state index in [1.165, 1.54) is 0 Å². The van der Waals surface area contributed by atoms with Gasteiger partial charge in [-0.3, -0.25) is 0 Å². The van der Waals surface area contributed by atoms with Gasteiger partial charge < -0.3 is 19.7 Å². The minimum atomic E-state index is -0.839. The number of ether oxygens (including phenoxy) is 2. The van der Waals surface area contributed by atoms with Crippen molar-refractivity contribution in [2.24, 2.45) is 17.3 Å². The van der Waals surface area contributed by atoms with Crippen molar-refractivity contribution >= 4 is 23.2 Å². The van der Waals surface area contributed by atoms with Crippen LogP contribution in [-0.2, 0) is 9.47 Å². The van der Waals surface area contributed by atoms with E-state index in [0.29, 0.717) is 25.0 Å². The van der Waals surface area contributed by atoms with E-state index in [2.05, 4.69) is 13.8 Å². The van der Waals surface area contributed by atoms with Gasteiger partial charge in [0.25, 0.3) is 0 Å². The van der Waals surface area contributed by atoms with Crippen LogP contribution in [0.1, 0.15) is 65.2 Å². The molecule has 4 nitrogen and oxygen atoms in total. The van der Waals surface area contributed by atoms with Crippen LogP contribution in [0.5, 0.6) is 0 Å². The molecule has 2 spiro atoms. The van der Waals surface area contributed by atoms with Gasteiger partial charge in [0.05, 0.1) is 25.0 Å². The highest BCUT2D eigenvalue weighted by molar-refractivity contribution is 6.19. The van der Waals surface area contributed by atoms with E-state index in [1.807, 2.05) is 0 Å². The number of alkyl halides is 2. The third-order valence-electron chi connectivity index (χ3n) is 9.00. The molecule has 27 heavy (non-hydrogen) atoms. The lowest BCUT2D eigenvalue weighted by molar-refractivity contribution is -0.313. The summed E-state index contributed by atoms with van der Waals surface area (Å²) in [6.07, 6.45) is 7.91. The smallest absolute Gasteiger partial charge is 0.130 e. The summed E-state index contributed by atoms with van der Waals surface area (Å²) in [4.78, 5) is 0. The van der Waals surface area contributed by atoms with Crippen molar-refractivity contribution in [3.63, 3.8) is 0 Å². The van der Waals surface area contributed by atoms with Crippen molar-refractivity contribution in [1.29, 1.82) is 0 Å². The van der Waals surface area contributed by atoms with Crippen molar-refractivity contribution in [3.8, 4) is 0 Å². The molecule has 0 aromatic heterocycles. The molecule has 4 aliphatic rings. The molecule has 2 aliphatic carbocycles. The third-order valence-corrected chi connectivity index (χ3v) is 9.89. The van der Waals surface area contributed by atoms with E-state index in [4.69, 9.17) is 32.7 Å². The van der Waals surface area contributed by atoms with Gasteiger partial charge in [0, 0.05) is 0 Å². The third kappa shape index (κ3) is 2.84. The second-order valence-electron chi connectivity index (χ2n) is 10.3. The Morgan fingerprint density at radius 2 is 1.11 bits per heavy atom. The topological polar surface area (TPSA) is 58.9 Å². The van der Waals surface area contributed by atoms with E-state index in [0.717, 1.165) is 51.4 Å². The number of hydrogen-bond donors (Lipinski definition) is 2. The first-order chi connectivity index (χ1) is 12.7. The zero-order chi connectivity index (χ0) is 19.6. The van der Waals surface area contributed by atoms with Crippen LogP contribution in [0.4, 0.5) is 0 Å². The maximum absolute atomic E-state index is 10.7. The van der Waals surface area contributed by atoms with Gasteiger partial charge in [0.1, 0.15) is 22.4 Å². The Hall–Kier alpha value is 0.420. The molecule has 2 unspecified atom stereocenters. The molecular formula is C21H34Cl2O4. The minimum Gasteiger partial charge on any atom is -0.383 e. The fourth-order valence-corrected chi connectivity index (χ4v) is 7.06. The highest BCUT2D eigenvalue weighted by Crippen LogP contribution is 2.57. The number of aliphatic hydroxyl groups is 2. The Bertz CT molecular complexity index is 511. The van der Waals surface area contributed by atoms with Crippen molar-refractivity contribution < 1.29 is 19.7 Å². The van der Waals surface area contributed by atoms with E-state index >= 15 is 0 Å². The first kappa shape index (κ1) is 20.7. The Kier molecular flexibility index (Phi) is 5.14. The molecule has 0 amide bonds. The normalized spacial score (nSPS) is 50.4. The van der Waals surface area contributed by atoms with Crippen molar-refractivity contribution in [1.82, 2.24) is 0 Å². The highest BCUT2D eigenvalue weighted by Gasteiger charge is 2.63. The first-order valence-electron chi connectivity index (χ1n) is 10.5. The summed E-state index contributed by atoms with van der Waals surface area (Å²) in [5.41, 5.74) is -2.26. The van der Waals surface area contributed by atoms with Crippen LogP contribution in [0.3, 0.4) is 0 Å². The standard InChI is InChI=1S/C21H34Cl2O4/c1-17(2,15-3-7-20(8-4-15)18(24,11-22)13-26-20)16-5-9-21(10-6-16)19(25,12-23)14-27-21/h15-16,24-25H,3-14H2,1-2H3. The van der Waals surface area contributed by atoms with Crippen LogP contribution < -0.4 is 0 Å². The summed E-state index contributed by atoms with van der Waals surface area (Å²) >= 11 is 12.0. The Morgan fingerprint density at radius 1 is 0.778 bits per heavy atom. The minimum absolute atomic E-state index is 0.231. The van der Waals surface area contributed by atoms with Gasteiger partial charge in [-0.05, 0) is 68.6 Å². The lowest BCUT2D eigenvalue weighted by Crippen LogP contribution is -2.71. The lowest BCUT2D eigenvalue weighted by Gasteiger charge is -2.61. The molecule has 2 aliphatic heterocycles. The van der Waals surface area contributed by atoms with Crippen LogP contribution in [0.15, 0.2) is 0 Å². The second kappa shape index (κ2) is 6.72. The SMILES string of the molecule is CC(C)(C1CCC2(CC1)OCC2(O)CCl)C1CCC2(CC1)OCC2(O)CCl. The summed E-state index contributed by atoms with van der Waals surface area (Å²) in [6, 6.07) is 0. The summed E-state index contributed by atoms with van der Waals surface area (Å²) in [5.74, 6) is 1.77. The average molecular weight is 421 g/mol. The fourth-order valence-electron chi connectivity index (χ4n) is 6.42. The van der Waals surface area contributed by atoms with Crippen molar-refractivity contribution in [2.45, 2.75) is 87.6 Å². The zero-order valence-electron chi connectivity index (χ0n) is 16.6. The second-order valence-corrected chi connectivity index (χ2v) is 10.8. The van der Waals surface area contributed by atoms with E-state index < -0.39 is 22.4 Å². The lowest BCUT2D eigenvalue weighted by atomic mass is 9.55. The molecule has 2 saturated heterocycles. The quantitative estimate of drug-likeness (QED) is 0.677. The molecule has 2 N–H and O–H groups in total. The molecular weight excluding hydrogens is 387 g/mol. The molecule has 0 radical (unpaired) electrons. The van der Waals surface area contributed by atoms with E-state index in [1.54, 1.807) is 0 Å². The summed E-state index contributed by atoms with van der Waals surface area (Å²) in [5, 5.41) is 21.4. The van der Waals surface area contributed by atoms with E-state index in [-0.39, 0.29) is 17.2 Å². The molecule has 0 aromatic carbocycles. The molecule has 4 fully saturated rings. The summed E-state index contributed by atoms with van der Waals surface area (Å²) in [6.45, 7) is 5.56. The molecule has 2 atom stereocenters. The van der Waals surface area contributed by atoms with Gasteiger partial charge in [-0.25, -0.2) is 0 Å². The van der Waals surface area contributed by atoms with Gasteiger partial charge in [-0.1, -0.05) is 13.8 Å². The largest absolute Gasteiger partial charge is 0.383 e. The van der Waals surface area contributed by atoms with Gasteiger partial charge in [-0.15, -0.1) is 23.2 Å².